The van der Waals surface area contributed by atoms with Crippen LogP contribution in [0.25, 0.3) is 0 Å². The van der Waals surface area contributed by atoms with Gasteiger partial charge in [-0.3, -0.25) is 4.90 Å². The zero-order valence-electron chi connectivity index (χ0n) is 11.2. The van der Waals surface area contributed by atoms with E-state index >= 15 is 0 Å². The van der Waals surface area contributed by atoms with Crippen LogP contribution in [0.2, 0.25) is 0 Å². The fourth-order valence-electron chi connectivity index (χ4n) is 2.38. The molecule has 1 aromatic rings. The van der Waals surface area contributed by atoms with E-state index in [1.165, 1.54) is 18.9 Å². The van der Waals surface area contributed by atoms with Crippen LogP contribution in [-0.2, 0) is 0 Å². The average molecular weight is 281 g/mol. The highest BCUT2D eigenvalue weighted by Crippen LogP contribution is 2.17. The Hall–Kier alpha value is -1.20. The molecule has 0 aromatic heterocycles. The summed E-state index contributed by atoms with van der Waals surface area (Å²) in [5.74, 6) is -0.307. The minimum atomic E-state index is -0.307. The van der Waals surface area contributed by atoms with Gasteiger partial charge in [-0.05, 0) is 51.1 Å². The molecule has 104 valence electrons. The fourth-order valence-corrected chi connectivity index (χ4v) is 2.51. The zero-order valence-corrected chi connectivity index (χ0v) is 12.0. The van der Waals surface area contributed by atoms with E-state index in [4.69, 9.17) is 18.0 Å². The molecule has 1 heterocycles. The van der Waals surface area contributed by atoms with Gasteiger partial charge in [-0.25, -0.2) is 4.39 Å². The lowest BCUT2D eigenvalue weighted by Crippen LogP contribution is -2.35. The summed E-state index contributed by atoms with van der Waals surface area (Å²) >= 11 is 4.83. The van der Waals surface area contributed by atoms with Crippen LogP contribution in [0.1, 0.15) is 25.3 Å². The van der Waals surface area contributed by atoms with Crippen molar-refractivity contribution >= 4 is 22.9 Å². The van der Waals surface area contributed by atoms with Gasteiger partial charge >= 0.3 is 0 Å². The Kier molecular flexibility index (Phi) is 4.71. The van der Waals surface area contributed by atoms with Crippen LogP contribution in [0.5, 0.6) is 0 Å². The van der Waals surface area contributed by atoms with E-state index in [-0.39, 0.29) is 10.8 Å². The number of likely N-dealkylation sites (tertiary alicyclic amines) is 1. The molecular weight excluding hydrogens is 261 g/mol. The molecule has 0 radical (unpaired) electrons. The summed E-state index contributed by atoms with van der Waals surface area (Å²) in [7, 11) is 0. The van der Waals surface area contributed by atoms with E-state index in [1.807, 2.05) is 0 Å². The third kappa shape index (κ3) is 3.64. The van der Waals surface area contributed by atoms with Gasteiger partial charge in [0.15, 0.2) is 0 Å². The summed E-state index contributed by atoms with van der Waals surface area (Å²) in [5, 5.41) is 3.15. The number of halogens is 1. The van der Waals surface area contributed by atoms with Crippen molar-refractivity contribution in [1.82, 2.24) is 4.90 Å². The molecule has 1 aliphatic rings. The van der Waals surface area contributed by atoms with Crippen molar-refractivity contribution in [3.63, 3.8) is 0 Å². The molecule has 19 heavy (non-hydrogen) atoms. The van der Waals surface area contributed by atoms with Crippen LogP contribution in [0.15, 0.2) is 18.2 Å². The van der Waals surface area contributed by atoms with Crippen LogP contribution in [0.4, 0.5) is 10.1 Å². The van der Waals surface area contributed by atoms with Gasteiger partial charge in [0.2, 0.25) is 0 Å². The number of rotatable bonds is 5. The number of anilines is 1. The monoisotopic (exact) mass is 281 g/mol. The molecule has 1 atom stereocenters. The second-order valence-corrected chi connectivity index (χ2v) is 5.47. The lowest BCUT2D eigenvalue weighted by molar-refractivity contribution is 0.269. The van der Waals surface area contributed by atoms with E-state index < -0.39 is 0 Å². The topological polar surface area (TPSA) is 41.3 Å². The van der Waals surface area contributed by atoms with Gasteiger partial charge in [0, 0.05) is 18.2 Å². The molecule has 1 aliphatic heterocycles. The van der Waals surface area contributed by atoms with E-state index in [1.54, 1.807) is 12.1 Å². The van der Waals surface area contributed by atoms with E-state index in [0.717, 1.165) is 19.6 Å². The van der Waals surface area contributed by atoms with Crippen molar-refractivity contribution in [2.75, 3.05) is 25.0 Å². The first-order valence-corrected chi connectivity index (χ1v) is 7.06. The van der Waals surface area contributed by atoms with Gasteiger partial charge in [0.05, 0.1) is 5.69 Å². The summed E-state index contributed by atoms with van der Waals surface area (Å²) in [6, 6.07) is 5.23. The van der Waals surface area contributed by atoms with Crippen molar-refractivity contribution in [2.24, 2.45) is 5.73 Å². The molecule has 1 unspecified atom stereocenters. The zero-order chi connectivity index (χ0) is 13.8. The Morgan fingerprint density at radius 3 is 2.74 bits per heavy atom. The average Bonchev–Trinajstić information content (AvgIpc) is 2.90. The Morgan fingerprint density at radius 2 is 2.16 bits per heavy atom. The van der Waals surface area contributed by atoms with E-state index in [9.17, 15) is 4.39 Å². The smallest absolute Gasteiger partial charge is 0.146 e. The SMILES string of the molecule is CC(CNc1ccc(C(N)=S)cc1F)N1CCCC1. The van der Waals surface area contributed by atoms with Crippen molar-refractivity contribution in [3.05, 3.63) is 29.6 Å². The normalized spacial score (nSPS) is 17.4. The minimum absolute atomic E-state index is 0.218. The maximum Gasteiger partial charge on any atom is 0.146 e. The number of nitrogens with two attached hydrogens (primary N) is 1. The molecule has 0 amide bonds. The largest absolute Gasteiger partial charge is 0.389 e. The van der Waals surface area contributed by atoms with Crippen LogP contribution < -0.4 is 11.1 Å². The first-order chi connectivity index (χ1) is 9.08. The number of benzene rings is 1. The first-order valence-electron chi connectivity index (χ1n) is 6.65. The van der Waals surface area contributed by atoms with Gasteiger partial charge in [-0.2, -0.15) is 0 Å². The molecule has 0 aliphatic carbocycles. The highest BCUT2D eigenvalue weighted by molar-refractivity contribution is 7.80. The molecule has 1 fully saturated rings. The molecule has 0 spiro atoms. The van der Waals surface area contributed by atoms with Crippen molar-refractivity contribution in [3.8, 4) is 0 Å². The molecular formula is C14H20FN3S. The van der Waals surface area contributed by atoms with Crippen LogP contribution >= 0.6 is 12.2 Å². The summed E-state index contributed by atoms with van der Waals surface area (Å²) < 4.78 is 13.8. The van der Waals surface area contributed by atoms with Gasteiger partial charge in [-0.15, -0.1) is 0 Å². The van der Waals surface area contributed by atoms with Crippen molar-refractivity contribution in [1.29, 1.82) is 0 Å². The Bertz CT molecular complexity index is 458. The first kappa shape index (κ1) is 14.2. The number of hydrogen-bond donors (Lipinski definition) is 2. The molecule has 1 aromatic carbocycles. The Morgan fingerprint density at radius 1 is 1.47 bits per heavy atom. The summed E-state index contributed by atoms with van der Waals surface area (Å²) in [5.41, 5.74) is 6.54. The molecule has 3 nitrogen and oxygen atoms in total. The predicted molar refractivity (Wildman–Crippen MR) is 81.0 cm³/mol. The highest BCUT2D eigenvalue weighted by atomic mass is 32.1. The predicted octanol–water partition coefficient (Wildman–Crippen LogP) is 2.36. The number of nitrogens with one attached hydrogen (secondary N) is 1. The third-order valence-corrected chi connectivity index (χ3v) is 3.84. The molecule has 0 saturated carbocycles. The second-order valence-electron chi connectivity index (χ2n) is 5.03. The van der Waals surface area contributed by atoms with E-state index in [2.05, 4.69) is 17.1 Å². The standard InChI is InChI=1S/C14H20FN3S/c1-10(18-6-2-3-7-18)9-17-13-5-4-11(14(16)19)8-12(13)15/h4-5,8,10,17H,2-3,6-7,9H2,1H3,(H2,16,19). The Labute approximate surface area is 119 Å². The quantitative estimate of drug-likeness (QED) is 0.813. The summed E-state index contributed by atoms with van der Waals surface area (Å²) in [6.45, 7) is 5.19. The maximum absolute atomic E-state index is 13.8. The third-order valence-electron chi connectivity index (χ3n) is 3.61. The van der Waals surface area contributed by atoms with E-state index in [0.29, 0.717) is 17.3 Å². The minimum Gasteiger partial charge on any atom is -0.389 e. The fraction of sp³-hybridized carbons (Fsp3) is 0.500. The van der Waals surface area contributed by atoms with Crippen LogP contribution in [0, 0.1) is 5.82 Å². The van der Waals surface area contributed by atoms with Crippen LogP contribution in [0.3, 0.4) is 0 Å². The van der Waals surface area contributed by atoms with Crippen LogP contribution in [-0.4, -0.2) is 35.6 Å². The molecule has 5 heteroatoms. The molecule has 0 bridgehead atoms. The van der Waals surface area contributed by atoms with Gasteiger partial charge < -0.3 is 11.1 Å². The lowest BCUT2D eigenvalue weighted by Gasteiger charge is -2.24. The second kappa shape index (κ2) is 6.30. The molecule has 3 N–H and O–H groups in total. The molecule has 2 rings (SSSR count). The lowest BCUT2D eigenvalue weighted by atomic mass is 10.2. The van der Waals surface area contributed by atoms with Gasteiger partial charge in [-0.1, -0.05) is 12.2 Å². The van der Waals surface area contributed by atoms with Crippen molar-refractivity contribution in [2.45, 2.75) is 25.8 Å². The van der Waals surface area contributed by atoms with Crippen molar-refractivity contribution < 1.29 is 4.39 Å². The Balaban J connectivity index is 1.93. The number of thiocarbonyl (C=S) groups is 1. The number of nitrogens with zero attached hydrogens (tertiary/aromatic N) is 1. The number of hydrogen-bond acceptors (Lipinski definition) is 3. The molecule has 1 saturated heterocycles. The van der Waals surface area contributed by atoms with Gasteiger partial charge in [0.25, 0.3) is 0 Å². The maximum atomic E-state index is 13.8. The van der Waals surface area contributed by atoms with Gasteiger partial charge in [0.1, 0.15) is 10.8 Å². The summed E-state index contributed by atoms with van der Waals surface area (Å²) in [6.07, 6.45) is 2.53. The summed E-state index contributed by atoms with van der Waals surface area (Å²) in [4.78, 5) is 2.64. The highest BCUT2D eigenvalue weighted by Gasteiger charge is 2.17.